The van der Waals surface area contributed by atoms with Gasteiger partial charge in [-0.3, -0.25) is 9.34 Å². The number of nitrogens with zero attached hydrogens (tertiary/aromatic N) is 2. The van der Waals surface area contributed by atoms with Gasteiger partial charge in [0.25, 0.3) is 0 Å². The van der Waals surface area contributed by atoms with E-state index in [2.05, 4.69) is 141 Å². The second-order valence-corrected chi connectivity index (χ2v) is 23.3. The fourth-order valence-corrected chi connectivity index (χ4v) is 13.4. The predicted molar refractivity (Wildman–Crippen MR) is 158 cm³/mol. The second-order valence-electron chi connectivity index (χ2n) is 13.3. The molecule has 0 fully saturated rings. The van der Waals surface area contributed by atoms with Crippen LogP contribution in [-0.2, 0) is 36.2 Å². The van der Waals surface area contributed by atoms with Crippen molar-refractivity contribution in [2.45, 2.75) is 98.2 Å². The van der Waals surface area contributed by atoms with Gasteiger partial charge in [-0.1, -0.05) is 102 Å². The van der Waals surface area contributed by atoms with Gasteiger partial charge in [-0.2, -0.15) is 0 Å². The molecule has 1 aromatic carbocycles. The van der Waals surface area contributed by atoms with E-state index in [1.807, 2.05) is 0 Å². The first-order valence-corrected chi connectivity index (χ1v) is 20.0. The normalized spacial score (nSPS) is 14.2. The molecule has 0 aliphatic heterocycles. The molecule has 1 rings (SSSR count). The van der Waals surface area contributed by atoms with E-state index in [-0.39, 0.29) is 16.2 Å². The summed E-state index contributed by atoms with van der Waals surface area (Å²) in [6.07, 6.45) is 0. The van der Waals surface area contributed by atoms with Gasteiger partial charge in [0, 0.05) is 5.30 Å². The van der Waals surface area contributed by atoms with E-state index in [0.717, 1.165) is 0 Å². The van der Waals surface area contributed by atoms with Crippen molar-refractivity contribution in [3.63, 3.8) is 0 Å². The van der Waals surface area contributed by atoms with Gasteiger partial charge in [0.2, 0.25) is 0 Å². The third-order valence-electron chi connectivity index (χ3n) is 5.43. The van der Waals surface area contributed by atoms with Crippen molar-refractivity contribution in [3.05, 3.63) is 28.8 Å². The number of halogens is 1. The van der Waals surface area contributed by atoms with Crippen LogP contribution in [0.15, 0.2) is 12.1 Å². The molecule has 33 heavy (non-hydrogen) atoms. The van der Waals surface area contributed by atoms with Crippen molar-refractivity contribution in [2.75, 3.05) is 28.2 Å². The van der Waals surface area contributed by atoms with Crippen molar-refractivity contribution in [1.29, 1.82) is 0 Å². The molecule has 0 aliphatic carbocycles. The Morgan fingerprint density at radius 2 is 1.09 bits per heavy atom. The summed E-state index contributed by atoms with van der Waals surface area (Å²) in [6.45, 7) is 28.9. The number of benzene rings is 1. The SMILES string of the molecule is CN(C)P(C(=Pc1c(C(C)(C)C)cc(C(C)(C)C)cc1C(C)(C)C)[Si](C)(C)C)N(C)C.[Cl][Au]. The van der Waals surface area contributed by atoms with Crippen LogP contribution in [0, 0.1) is 0 Å². The standard InChI is InChI=1S/C26H50N2P2Si.Au.ClH/c1-24(2,3)19-17-20(25(4,5)6)22(21(18-19)26(7,8)9)29-23(31(14,15)16)30(27(10)11)28(12)13;;/h17-18H,1-16H3;;1H/q;+1;/p-1. The Morgan fingerprint density at radius 3 is 1.30 bits per heavy atom. The van der Waals surface area contributed by atoms with Crippen LogP contribution in [0.25, 0.3) is 0 Å². The van der Waals surface area contributed by atoms with Crippen molar-refractivity contribution in [3.8, 4) is 0 Å². The second kappa shape index (κ2) is 12.5. The van der Waals surface area contributed by atoms with E-state index in [1.165, 1.54) is 24.9 Å². The number of hydrogen-bond donors (Lipinski definition) is 0. The third-order valence-corrected chi connectivity index (χ3v) is 15.4. The minimum absolute atomic E-state index is 0.104. The first-order valence-electron chi connectivity index (χ1n) is 11.6. The molecule has 196 valence electrons. The maximum absolute atomic E-state index is 4.58. The summed E-state index contributed by atoms with van der Waals surface area (Å²) >= 11 is 1.75. The van der Waals surface area contributed by atoms with Crippen molar-refractivity contribution < 1.29 is 20.0 Å². The van der Waals surface area contributed by atoms with Crippen LogP contribution in [0.5, 0.6) is 0 Å². The van der Waals surface area contributed by atoms with Crippen LogP contribution in [-0.4, -0.2) is 50.3 Å². The molecule has 1 aromatic rings. The van der Waals surface area contributed by atoms with Crippen molar-refractivity contribution in [2.24, 2.45) is 0 Å². The molecule has 0 amide bonds. The summed E-state index contributed by atoms with van der Waals surface area (Å²) in [5.41, 5.74) is 4.85. The molecule has 0 radical (unpaired) electrons. The Kier molecular flexibility index (Phi) is 12.9. The molecule has 0 bridgehead atoms. The summed E-state index contributed by atoms with van der Waals surface area (Å²) in [5, 5.41) is 1.56. The summed E-state index contributed by atoms with van der Waals surface area (Å²) < 4.78 is 6.65. The van der Waals surface area contributed by atoms with Gasteiger partial charge in [-0.15, -0.1) is 0 Å². The number of rotatable bonds is 5. The average Bonchev–Trinajstić information content (AvgIpc) is 2.58. The van der Waals surface area contributed by atoms with E-state index in [1.54, 1.807) is 29.9 Å². The van der Waals surface area contributed by atoms with Crippen LogP contribution in [0.4, 0.5) is 0 Å². The summed E-state index contributed by atoms with van der Waals surface area (Å²) in [7, 11) is 13.0. The quantitative estimate of drug-likeness (QED) is 0.224. The number of hydrogen-bond acceptors (Lipinski definition) is 2. The van der Waals surface area contributed by atoms with Crippen LogP contribution >= 0.6 is 25.6 Å². The average molecular weight is 713 g/mol. The van der Waals surface area contributed by atoms with Crippen molar-refractivity contribution in [1.82, 2.24) is 9.34 Å². The molecule has 0 saturated heterocycles. The van der Waals surface area contributed by atoms with E-state index < -0.39 is 16.3 Å². The van der Waals surface area contributed by atoms with E-state index in [9.17, 15) is 0 Å². The molecule has 0 spiro atoms. The Morgan fingerprint density at radius 1 is 0.758 bits per heavy atom. The van der Waals surface area contributed by atoms with Gasteiger partial charge in [-0.25, -0.2) is 0 Å². The fraction of sp³-hybridized carbons (Fsp3) is 0.731. The molecule has 0 saturated carbocycles. The monoisotopic (exact) mass is 712 g/mol. The first-order chi connectivity index (χ1) is 14.6. The fourth-order valence-electron chi connectivity index (χ4n) is 3.69. The molecule has 0 heterocycles. The Hall–Kier alpha value is 0.987. The topological polar surface area (TPSA) is 6.48 Å². The Bertz CT molecular complexity index is 769. The zero-order chi connectivity index (χ0) is 26.7. The van der Waals surface area contributed by atoms with Crippen LogP contribution in [0.1, 0.15) is 79.0 Å². The zero-order valence-electron chi connectivity index (χ0n) is 24.1. The molecule has 0 aliphatic rings. The van der Waals surface area contributed by atoms with Crippen LogP contribution < -0.4 is 5.30 Å². The van der Waals surface area contributed by atoms with Gasteiger partial charge < -0.3 is 0 Å². The molecule has 2 nitrogen and oxygen atoms in total. The van der Waals surface area contributed by atoms with E-state index in [0.29, 0.717) is 0 Å². The third kappa shape index (κ3) is 9.75. The molecular formula is C26H50AuClN2P2Si. The molecule has 0 atom stereocenters. The van der Waals surface area contributed by atoms with Gasteiger partial charge in [-0.05, 0) is 65.8 Å². The minimum atomic E-state index is -1.52. The van der Waals surface area contributed by atoms with E-state index in [4.69, 9.17) is 0 Å². The Labute approximate surface area is 227 Å². The molecule has 0 aromatic heterocycles. The molecular weight excluding hydrogens is 663 g/mol. The van der Waals surface area contributed by atoms with Gasteiger partial charge in [0.1, 0.15) is 0 Å². The van der Waals surface area contributed by atoms with Gasteiger partial charge in [0.05, 0.1) is 16.3 Å². The zero-order valence-corrected chi connectivity index (χ0v) is 29.8. The molecule has 0 N–H and O–H groups in total. The summed E-state index contributed by atoms with van der Waals surface area (Å²) in [5.74, 6) is 0. The Balaban J connectivity index is 0.00000497. The van der Waals surface area contributed by atoms with Crippen LogP contribution in [0.2, 0.25) is 19.6 Å². The predicted octanol–water partition coefficient (Wildman–Crippen LogP) is 8.28. The van der Waals surface area contributed by atoms with Crippen LogP contribution in [0.3, 0.4) is 0 Å². The van der Waals surface area contributed by atoms with Gasteiger partial charge >= 0.3 is 29.2 Å². The molecule has 0 unspecified atom stereocenters. The maximum atomic E-state index is 4.58. The van der Waals surface area contributed by atoms with Gasteiger partial charge in [0.15, 0.2) is 0 Å². The summed E-state index contributed by atoms with van der Waals surface area (Å²) in [4.78, 5) is 0. The van der Waals surface area contributed by atoms with Crippen molar-refractivity contribution >= 4 is 43.7 Å². The summed E-state index contributed by atoms with van der Waals surface area (Å²) in [6, 6.07) is 5.04. The molecule has 7 heteroatoms. The first kappa shape index (κ1) is 34.0. The van der Waals surface area contributed by atoms with E-state index >= 15 is 0 Å².